The molecule has 2 N–H and O–H groups in total. The first kappa shape index (κ1) is 11.9. The van der Waals surface area contributed by atoms with Crippen molar-refractivity contribution in [2.24, 2.45) is 0 Å². The lowest BCUT2D eigenvalue weighted by Gasteiger charge is -2.43. The highest BCUT2D eigenvalue weighted by Gasteiger charge is 2.47. The number of fused-ring (bicyclic) bond motifs is 2. The van der Waals surface area contributed by atoms with Gasteiger partial charge in [0.2, 0.25) is 11.8 Å². The molecule has 3 heterocycles. The number of carbonyl (C=O) groups is 2. The number of hydrogen-bond acceptors (Lipinski definition) is 3. The van der Waals surface area contributed by atoms with Crippen LogP contribution in [0.2, 0.25) is 0 Å². The van der Waals surface area contributed by atoms with Gasteiger partial charge in [-0.2, -0.15) is 0 Å². The van der Waals surface area contributed by atoms with Gasteiger partial charge in [0.25, 0.3) is 0 Å². The third-order valence-corrected chi connectivity index (χ3v) is 4.65. The van der Waals surface area contributed by atoms with Crippen molar-refractivity contribution in [3.05, 3.63) is 29.3 Å². The van der Waals surface area contributed by atoms with Gasteiger partial charge >= 0.3 is 0 Å². The summed E-state index contributed by atoms with van der Waals surface area (Å²) in [4.78, 5) is 25.5. The average Bonchev–Trinajstić information content (AvgIpc) is 2.99. The number of anilines is 1. The van der Waals surface area contributed by atoms with E-state index in [9.17, 15) is 9.59 Å². The van der Waals surface area contributed by atoms with Crippen LogP contribution in [0, 0.1) is 0 Å². The number of carbonyl (C=O) groups excluding carboxylic acids is 2. The molecular weight excluding hydrogens is 254 g/mol. The van der Waals surface area contributed by atoms with Gasteiger partial charge in [0.1, 0.15) is 5.66 Å². The fraction of sp³-hybridized carbons (Fsp3) is 0.467. The predicted molar refractivity (Wildman–Crippen MR) is 74.0 cm³/mol. The summed E-state index contributed by atoms with van der Waals surface area (Å²) in [5, 5.41) is 6.40. The van der Waals surface area contributed by atoms with Crippen molar-refractivity contribution in [3.8, 4) is 0 Å². The van der Waals surface area contributed by atoms with Crippen molar-refractivity contribution >= 4 is 17.5 Å². The fourth-order valence-electron chi connectivity index (χ4n) is 3.69. The second-order valence-corrected chi connectivity index (χ2v) is 5.78. The summed E-state index contributed by atoms with van der Waals surface area (Å²) in [6, 6.07) is 6.08. The number of nitrogens with zero attached hydrogens (tertiary/aromatic N) is 1. The Hall–Kier alpha value is -1.88. The van der Waals surface area contributed by atoms with Crippen LogP contribution in [0.1, 0.15) is 30.4 Å². The van der Waals surface area contributed by atoms with Gasteiger partial charge in [0.05, 0.1) is 6.42 Å². The van der Waals surface area contributed by atoms with Gasteiger partial charge in [0.15, 0.2) is 0 Å². The molecule has 4 rings (SSSR count). The maximum atomic E-state index is 12.1. The minimum absolute atomic E-state index is 0.0469. The molecule has 0 aromatic heterocycles. The zero-order chi connectivity index (χ0) is 13.7. The van der Waals surface area contributed by atoms with Gasteiger partial charge in [-0.15, -0.1) is 0 Å². The first-order valence-electron chi connectivity index (χ1n) is 7.18. The Morgan fingerprint density at radius 2 is 2.15 bits per heavy atom. The number of benzene rings is 1. The number of hydrogen-bond donors (Lipinski definition) is 2. The lowest BCUT2D eigenvalue weighted by Crippen LogP contribution is -2.58. The molecule has 0 radical (unpaired) electrons. The topological polar surface area (TPSA) is 61.4 Å². The summed E-state index contributed by atoms with van der Waals surface area (Å²) >= 11 is 0. The molecule has 2 fully saturated rings. The van der Waals surface area contributed by atoms with Crippen molar-refractivity contribution in [1.82, 2.24) is 10.2 Å². The van der Waals surface area contributed by atoms with E-state index in [0.717, 1.165) is 42.7 Å². The molecule has 0 aliphatic carbocycles. The van der Waals surface area contributed by atoms with Crippen LogP contribution in [-0.2, 0) is 21.7 Å². The second-order valence-electron chi connectivity index (χ2n) is 5.78. The quantitative estimate of drug-likeness (QED) is 0.799. The third-order valence-electron chi connectivity index (χ3n) is 4.65. The molecule has 0 spiro atoms. The van der Waals surface area contributed by atoms with Crippen LogP contribution >= 0.6 is 0 Å². The van der Waals surface area contributed by atoms with Crippen LogP contribution < -0.4 is 10.6 Å². The molecule has 1 atom stereocenters. The molecule has 0 saturated carbocycles. The molecule has 2 amide bonds. The van der Waals surface area contributed by atoms with E-state index >= 15 is 0 Å². The Morgan fingerprint density at radius 3 is 3.05 bits per heavy atom. The second kappa shape index (κ2) is 4.06. The normalized spacial score (nSPS) is 28.3. The zero-order valence-corrected chi connectivity index (χ0v) is 11.2. The lowest BCUT2D eigenvalue weighted by molar-refractivity contribution is -0.134. The summed E-state index contributed by atoms with van der Waals surface area (Å²) in [7, 11) is 0. The number of rotatable bonds is 1. The average molecular weight is 271 g/mol. The largest absolute Gasteiger partial charge is 0.326 e. The highest BCUT2D eigenvalue weighted by atomic mass is 16.2. The Labute approximate surface area is 117 Å². The summed E-state index contributed by atoms with van der Waals surface area (Å²) in [6.45, 7) is 1.75. The Kier molecular flexibility index (Phi) is 2.41. The van der Waals surface area contributed by atoms with Crippen LogP contribution in [0.25, 0.3) is 0 Å². The molecule has 0 bridgehead atoms. The molecule has 3 aliphatic heterocycles. The van der Waals surface area contributed by atoms with Crippen LogP contribution in [0.3, 0.4) is 0 Å². The molecule has 1 unspecified atom stereocenters. The number of amides is 2. The molecule has 20 heavy (non-hydrogen) atoms. The first-order valence-corrected chi connectivity index (χ1v) is 7.18. The lowest BCUT2D eigenvalue weighted by atomic mass is 9.92. The van der Waals surface area contributed by atoms with Crippen LogP contribution in [0.4, 0.5) is 5.69 Å². The van der Waals surface area contributed by atoms with E-state index in [0.29, 0.717) is 12.8 Å². The summed E-state index contributed by atoms with van der Waals surface area (Å²) < 4.78 is 0. The van der Waals surface area contributed by atoms with Gasteiger partial charge in [-0.1, -0.05) is 6.07 Å². The Balaban J connectivity index is 1.78. The molecule has 5 heteroatoms. The highest BCUT2D eigenvalue weighted by Crippen LogP contribution is 2.40. The van der Waals surface area contributed by atoms with Crippen LogP contribution in [0.5, 0.6) is 0 Å². The highest BCUT2D eigenvalue weighted by molar-refractivity contribution is 5.99. The van der Waals surface area contributed by atoms with Gasteiger partial charge in [-0.05, 0) is 42.6 Å². The van der Waals surface area contributed by atoms with Crippen molar-refractivity contribution in [3.63, 3.8) is 0 Å². The van der Waals surface area contributed by atoms with Gasteiger partial charge in [-0.3, -0.25) is 14.9 Å². The standard InChI is InChI=1S/C15H17N3O2/c19-13-9-10-8-11(2-3-12(10)17-13)15-5-4-14(20)18(15)7-1-6-16-15/h2-3,8,16H,1,4-7,9H2,(H,17,19). The van der Waals surface area contributed by atoms with Crippen molar-refractivity contribution in [1.29, 1.82) is 0 Å². The minimum atomic E-state index is -0.351. The third kappa shape index (κ3) is 1.53. The Morgan fingerprint density at radius 1 is 1.25 bits per heavy atom. The van der Waals surface area contributed by atoms with E-state index in [4.69, 9.17) is 0 Å². The van der Waals surface area contributed by atoms with E-state index in [-0.39, 0.29) is 17.5 Å². The van der Waals surface area contributed by atoms with E-state index in [1.54, 1.807) is 0 Å². The van der Waals surface area contributed by atoms with Crippen LogP contribution in [0.15, 0.2) is 18.2 Å². The van der Waals surface area contributed by atoms with E-state index in [1.165, 1.54) is 0 Å². The molecule has 5 nitrogen and oxygen atoms in total. The Bertz CT molecular complexity index is 613. The maximum absolute atomic E-state index is 12.1. The molecule has 1 aromatic carbocycles. The summed E-state index contributed by atoms with van der Waals surface area (Å²) in [5.74, 6) is 0.275. The number of nitrogens with one attached hydrogen (secondary N) is 2. The van der Waals surface area contributed by atoms with E-state index in [2.05, 4.69) is 16.7 Å². The van der Waals surface area contributed by atoms with Crippen LogP contribution in [-0.4, -0.2) is 29.8 Å². The smallest absolute Gasteiger partial charge is 0.228 e. The van der Waals surface area contributed by atoms with E-state index in [1.807, 2.05) is 17.0 Å². The molecule has 1 aromatic rings. The summed E-state index contributed by atoms with van der Waals surface area (Å²) in [5.41, 5.74) is 2.70. The predicted octanol–water partition coefficient (Wildman–Crippen LogP) is 0.950. The first-order chi connectivity index (χ1) is 9.69. The zero-order valence-electron chi connectivity index (χ0n) is 11.2. The fourth-order valence-corrected chi connectivity index (χ4v) is 3.69. The van der Waals surface area contributed by atoms with Crippen molar-refractivity contribution < 1.29 is 9.59 Å². The van der Waals surface area contributed by atoms with Gasteiger partial charge in [0, 0.05) is 18.7 Å². The molecule has 2 saturated heterocycles. The van der Waals surface area contributed by atoms with Gasteiger partial charge in [-0.25, -0.2) is 0 Å². The maximum Gasteiger partial charge on any atom is 0.228 e. The molecule has 3 aliphatic rings. The van der Waals surface area contributed by atoms with Gasteiger partial charge < -0.3 is 10.2 Å². The monoisotopic (exact) mass is 271 g/mol. The molecule has 104 valence electrons. The van der Waals surface area contributed by atoms with Crippen molar-refractivity contribution in [2.45, 2.75) is 31.3 Å². The van der Waals surface area contributed by atoms with Crippen molar-refractivity contribution in [2.75, 3.05) is 18.4 Å². The molecular formula is C15H17N3O2. The minimum Gasteiger partial charge on any atom is -0.326 e. The SMILES string of the molecule is O=C1Cc2cc(C34CCC(=O)N3CCCN4)ccc2N1. The summed E-state index contributed by atoms with van der Waals surface area (Å²) in [6.07, 6.45) is 2.85. The van der Waals surface area contributed by atoms with E-state index < -0.39 is 0 Å².